The van der Waals surface area contributed by atoms with Gasteiger partial charge in [0.15, 0.2) is 0 Å². The summed E-state index contributed by atoms with van der Waals surface area (Å²) in [5.41, 5.74) is -0.563. The topological polar surface area (TPSA) is 111 Å². The van der Waals surface area contributed by atoms with Gasteiger partial charge in [0.05, 0.1) is 29.1 Å². The second kappa shape index (κ2) is 12.4. The van der Waals surface area contributed by atoms with E-state index in [1.54, 1.807) is 17.6 Å². The number of anilines is 1. The van der Waals surface area contributed by atoms with Crippen molar-refractivity contribution in [2.24, 2.45) is 5.92 Å². The van der Waals surface area contributed by atoms with E-state index in [-0.39, 0.29) is 24.1 Å². The molecule has 2 fully saturated rings. The summed E-state index contributed by atoms with van der Waals surface area (Å²) in [6, 6.07) is 2.32. The van der Waals surface area contributed by atoms with Crippen LogP contribution in [-0.2, 0) is 20.9 Å². The first-order valence-corrected chi connectivity index (χ1v) is 14.7. The maximum atomic E-state index is 15.3. The third kappa shape index (κ3) is 5.86. The number of aromatic nitrogens is 2. The Balaban J connectivity index is 1.48. The van der Waals surface area contributed by atoms with E-state index >= 15 is 4.39 Å². The first kappa shape index (κ1) is 28.1. The van der Waals surface area contributed by atoms with Gasteiger partial charge in [-0.05, 0) is 57.6 Å². The summed E-state index contributed by atoms with van der Waals surface area (Å²) in [6.45, 7) is 1.45. The van der Waals surface area contributed by atoms with Gasteiger partial charge < -0.3 is 15.4 Å². The number of esters is 1. The van der Waals surface area contributed by atoms with Crippen LogP contribution >= 0.6 is 0 Å². The van der Waals surface area contributed by atoms with Crippen molar-refractivity contribution >= 4 is 28.5 Å². The number of fused-ring (bicyclic) bond motifs is 1. The molecule has 0 saturated heterocycles. The van der Waals surface area contributed by atoms with E-state index in [1.807, 2.05) is 12.2 Å². The average molecular weight is 555 g/mol. The molecule has 1 aromatic carbocycles. The smallest absolute Gasteiger partial charge is 0.332 e. The quantitative estimate of drug-likeness (QED) is 0.374. The third-order valence-corrected chi connectivity index (χ3v) is 8.58. The van der Waals surface area contributed by atoms with Gasteiger partial charge in [0.25, 0.3) is 5.56 Å². The van der Waals surface area contributed by atoms with Crippen LogP contribution in [0.15, 0.2) is 33.9 Å². The minimum absolute atomic E-state index is 0.0796. The number of nitrogens with zero attached hydrogens (tertiary/aromatic N) is 2. The van der Waals surface area contributed by atoms with Crippen LogP contribution in [0.5, 0.6) is 0 Å². The molecule has 1 aromatic heterocycles. The zero-order valence-corrected chi connectivity index (χ0v) is 23.1. The average Bonchev–Trinajstić information content (AvgIpc) is 3.48. The highest BCUT2D eigenvalue weighted by Gasteiger charge is 2.32. The van der Waals surface area contributed by atoms with Gasteiger partial charge in [-0.1, -0.05) is 44.3 Å². The largest absolute Gasteiger partial charge is 0.466 e. The molecule has 1 amide bonds. The summed E-state index contributed by atoms with van der Waals surface area (Å²) in [7, 11) is 0. The summed E-state index contributed by atoms with van der Waals surface area (Å²) >= 11 is 0. The molecule has 0 radical (unpaired) electrons. The molecule has 3 aliphatic rings. The maximum absolute atomic E-state index is 15.3. The van der Waals surface area contributed by atoms with Crippen LogP contribution in [0.2, 0.25) is 0 Å². The fourth-order valence-corrected chi connectivity index (χ4v) is 6.51. The van der Waals surface area contributed by atoms with E-state index in [1.165, 1.54) is 12.5 Å². The van der Waals surface area contributed by atoms with Crippen LogP contribution in [0.25, 0.3) is 10.9 Å². The van der Waals surface area contributed by atoms with Crippen molar-refractivity contribution in [3.05, 3.63) is 50.9 Å². The van der Waals surface area contributed by atoms with Crippen LogP contribution in [0.4, 0.5) is 10.1 Å². The lowest BCUT2D eigenvalue weighted by Crippen LogP contribution is -2.49. The Morgan fingerprint density at radius 2 is 1.70 bits per heavy atom. The van der Waals surface area contributed by atoms with Crippen LogP contribution in [-0.4, -0.2) is 39.7 Å². The van der Waals surface area contributed by atoms with E-state index < -0.39 is 47.4 Å². The summed E-state index contributed by atoms with van der Waals surface area (Å²) < 4.78 is 23.0. The van der Waals surface area contributed by atoms with Gasteiger partial charge in [-0.15, -0.1) is 0 Å². The molecule has 0 aliphatic heterocycles. The second-order valence-corrected chi connectivity index (χ2v) is 11.3. The van der Waals surface area contributed by atoms with Crippen LogP contribution in [0.3, 0.4) is 0 Å². The second-order valence-electron chi connectivity index (χ2n) is 11.3. The van der Waals surface area contributed by atoms with Crippen molar-refractivity contribution in [2.45, 2.75) is 102 Å². The molecular formula is C30H39FN4O5. The number of halogens is 1. The fourth-order valence-electron chi connectivity index (χ4n) is 6.51. The molecule has 2 unspecified atom stereocenters. The lowest BCUT2D eigenvalue weighted by atomic mass is 9.89. The van der Waals surface area contributed by atoms with E-state index in [0.717, 1.165) is 55.9 Å². The van der Waals surface area contributed by atoms with Crippen molar-refractivity contribution in [1.82, 2.24) is 14.5 Å². The van der Waals surface area contributed by atoms with Crippen molar-refractivity contribution in [1.29, 1.82) is 0 Å². The van der Waals surface area contributed by atoms with Crippen molar-refractivity contribution in [3.8, 4) is 0 Å². The Morgan fingerprint density at radius 1 is 1.00 bits per heavy atom. The van der Waals surface area contributed by atoms with Gasteiger partial charge in [-0.2, -0.15) is 0 Å². The summed E-state index contributed by atoms with van der Waals surface area (Å²) in [4.78, 5) is 52.9. The number of ether oxygens (including phenoxy) is 1. The van der Waals surface area contributed by atoms with Crippen LogP contribution in [0.1, 0.15) is 83.6 Å². The number of benzene rings is 1. The number of carbonyl (C=O) groups excluding carboxylic acids is 2. The van der Waals surface area contributed by atoms with Crippen LogP contribution in [0, 0.1) is 11.7 Å². The molecule has 40 heavy (non-hydrogen) atoms. The molecule has 1 heterocycles. The van der Waals surface area contributed by atoms with Crippen LogP contribution < -0.4 is 21.9 Å². The highest BCUT2D eigenvalue weighted by Crippen LogP contribution is 2.32. The Kier molecular flexibility index (Phi) is 8.71. The standard InChI is InChI=1S/C30H39FN4O5/c1-2-40-29(38)21-14-8-9-15-24(21)33-27(36)18-34-28(37)22-16-23(31)25(32-19-10-4-3-5-11-19)17-26(22)35(30(34)39)20-12-6-7-13-20/h8-9,16-17,19-21,24,32H,2-7,10-15,18H2,1H3,(H,33,36). The number of hydrogen-bond acceptors (Lipinski definition) is 6. The lowest BCUT2D eigenvalue weighted by Gasteiger charge is -2.28. The minimum Gasteiger partial charge on any atom is -0.466 e. The summed E-state index contributed by atoms with van der Waals surface area (Å²) in [5, 5.41) is 6.22. The summed E-state index contributed by atoms with van der Waals surface area (Å²) in [5.74, 6) is -2.03. The number of amides is 1. The van der Waals surface area contributed by atoms with Crippen molar-refractivity contribution in [2.75, 3.05) is 11.9 Å². The normalized spacial score (nSPS) is 21.9. The highest BCUT2D eigenvalue weighted by molar-refractivity contribution is 5.83. The molecule has 0 spiro atoms. The molecule has 216 valence electrons. The zero-order valence-electron chi connectivity index (χ0n) is 23.1. The Hall–Kier alpha value is -3.43. The van der Waals surface area contributed by atoms with Gasteiger partial charge in [0.2, 0.25) is 5.91 Å². The Labute approximate surface area is 232 Å². The zero-order chi connectivity index (χ0) is 28.2. The first-order valence-electron chi connectivity index (χ1n) is 14.7. The molecule has 3 aliphatic carbocycles. The Morgan fingerprint density at radius 3 is 2.42 bits per heavy atom. The van der Waals surface area contributed by atoms with E-state index in [4.69, 9.17) is 4.74 Å². The molecule has 0 bridgehead atoms. The van der Waals surface area contributed by atoms with Gasteiger partial charge in [0.1, 0.15) is 12.4 Å². The fraction of sp³-hybridized carbons (Fsp3) is 0.600. The molecule has 2 N–H and O–H groups in total. The number of nitrogens with one attached hydrogen (secondary N) is 2. The van der Waals surface area contributed by atoms with Gasteiger partial charge in [-0.25, -0.2) is 9.18 Å². The van der Waals surface area contributed by atoms with E-state index in [2.05, 4.69) is 10.6 Å². The van der Waals surface area contributed by atoms with E-state index in [9.17, 15) is 19.2 Å². The number of carbonyl (C=O) groups is 2. The van der Waals surface area contributed by atoms with Gasteiger partial charge >= 0.3 is 11.7 Å². The number of rotatable bonds is 8. The molecule has 2 saturated carbocycles. The molecule has 10 heteroatoms. The van der Waals surface area contributed by atoms with E-state index in [0.29, 0.717) is 24.0 Å². The molecular weight excluding hydrogens is 515 g/mol. The molecule has 2 atom stereocenters. The third-order valence-electron chi connectivity index (χ3n) is 8.58. The summed E-state index contributed by atoms with van der Waals surface area (Å²) in [6.07, 6.45) is 13.4. The predicted octanol–water partition coefficient (Wildman–Crippen LogP) is 4.18. The van der Waals surface area contributed by atoms with Gasteiger partial charge in [0, 0.05) is 18.1 Å². The maximum Gasteiger partial charge on any atom is 0.332 e. The lowest BCUT2D eigenvalue weighted by molar-refractivity contribution is -0.149. The highest BCUT2D eigenvalue weighted by atomic mass is 19.1. The number of hydrogen-bond donors (Lipinski definition) is 2. The molecule has 2 aromatic rings. The number of allylic oxidation sites excluding steroid dienone is 1. The van der Waals surface area contributed by atoms with Crippen molar-refractivity contribution in [3.63, 3.8) is 0 Å². The molecule has 5 rings (SSSR count). The van der Waals surface area contributed by atoms with Crippen molar-refractivity contribution < 1.29 is 18.7 Å². The SMILES string of the molecule is CCOC(=O)C1CC=CCC1NC(=O)Cn1c(=O)c2cc(F)c(NC3CCCCC3)cc2n(C2CCCC2)c1=O. The Bertz CT molecular complexity index is 1400. The van der Waals surface area contributed by atoms with Gasteiger partial charge in [-0.3, -0.25) is 23.5 Å². The monoisotopic (exact) mass is 554 g/mol. The molecule has 9 nitrogen and oxygen atoms in total. The predicted molar refractivity (Wildman–Crippen MR) is 151 cm³/mol. The first-order chi connectivity index (χ1) is 19.4. The minimum atomic E-state index is -0.696.